The van der Waals surface area contributed by atoms with Crippen LogP contribution in [0, 0.1) is 18.3 Å². The zero-order valence-corrected chi connectivity index (χ0v) is 10.6. The van der Waals surface area contributed by atoms with E-state index in [0.29, 0.717) is 15.8 Å². The second-order valence-corrected chi connectivity index (χ2v) is 4.12. The number of aromatic nitrogens is 1. The predicted molar refractivity (Wildman–Crippen MR) is 72.0 cm³/mol. The van der Waals surface area contributed by atoms with Gasteiger partial charge in [-0.3, -0.25) is 15.0 Å². The molecule has 0 spiro atoms. The smallest absolute Gasteiger partial charge is 0.290 e. The van der Waals surface area contributed by atoms with Crippen LogP contribution in [-0.4, -0.2) is 15.7 Å². The number of amides is 1. The van der Waals surface area contributed by atoms with Crippen molar-refractivity contribution in [3.8, 4) is 11.9 Å². The molecule has 0 saturated carbocycles. The summed E-state index contributed by atoms with van der Waals surface area (Å²) < 4.78 is 0.654. The standard InChI is InChI=1S/C14H11N3O3/c1-9-7-12(18)17(14(20)11(9)8-15)16-13(19)10-5-3-2-4-6-10/h2-7,18H,1H3,(H,16,19). The van der Waals surface area contributed by atoms with Gasteiger partial charge in [0, 0.05) is 11.6 Å². The first kappa shape index (κ1) is 13.4. The average Bonchev–Trinajstić information content (AvgIpc) is 2.44. The number of benzene rings is 1. The monoisotopic (exact) mass is 269 g/mol. The van der Waals surface area contributed by atoms with E-state index in [9.17, 15) is 14.7 Å². The number of hydrogen-bond acceptors (Lipinski definition) is 4. The number of aromatic hydroxyl groups is 1. The van der Waals surface area contributed by atoms with E-state index in [2.05, 4.69) is 5.43 Å². The number of carbonyl (C=O) groups is 1. The van der Waals surface area contributed by atoms with Crippen LogP contribution in [0.25, 0.3) is 0 Å². The molecule has 6 nitrogen and oxygen atoms in total. The van der Waals surface area contributed by atoms with Crippen LogP contribution in [0.2, 0.25) is 0 Å². The minimum absolute atomic E-state index is 0.129. The fourth-order valence-corrected chi connectivity index (χ4v) is 1.71. The third-order valence-electron chi connectivity index (χ3n) is 2.75. The quantitative estimate of drug-likeness (QED) is 0.854. The first-order valence-electron chi connectivity index (χ1n) is 5.76. The number of pyridine rings is 1. The molecule has 1 aromatic carbocycles. The first-order chi connectivity index (χ1) is 9.54. The third kappa shape index (κ3) is 2.37. The van der Waals surface area contributed by atoms with Crippen molar-refractivity contribution in [3.05, 3.63) is 63.4 Å². The second kappa shape index (κ2) is 5.28. The molecule has 0 aliphatic carbocycles. The summed E-state index contributed by atoms with van der Waals surface area (Å²) in [5, 5.41) is 18.6. The van der Waals surface area contributed by atoms with E-state index in [1.165, 1.54) is 13.0 Å². The highest BCUT2D eigenvalue weighted by atomic mass is 16.3. The lowest BCUT2D eigenvalue weighted by Gasteiger charge is -2.11. The molecule has 1 heterocycles. The van der Waals surface area contributed by atoms with Crippen LogP contribution in [0.15, 0.2) is 41.2 Å². The zero-order valence-electron chi connectivity index (χ0n) is 10.6. The summed E-state index contributed by atoms with van der Waals surface area (Å²) >= 11 is 0. The van der Waals surface area contributed by atoms with Gasteiger partial charge in [-0.2, -0.15) is 9.94 Å². The lowest BCUT2D eigenvalue weighted by Crippen LogP contribution is -2.34. The first-order valence-corrected chi connectivity index (χ1v) is 5.76. The van der Waals surface area contributed by atoms with Gasteiger partial charge in [-0.1, -0.05) is 18.2 Å². The van der Waals surface area contributed by atoms with Gasteiger partial charge in [0.2, 0.25) is 5.88 Å². The largest absolute Gasteiger partial charge is 0.493 e. The summed E-state index contributed by atoms with van der Waals surface area (Å²) in [6, 6.07) is 11.2. The molecule has 0 bridgehead atoms. The average molecular weight is 269 g/mol. The van der Waals surface area contributed by atoms with Crippen molar-refractivity contribution >= 4 is 5.91 Å². The SMILES string of the molecule is Cc1cc(O)n(NC(=O)c2ccccc2)c(=O)c1C#N. The van der Waals surface area contributed by atoms with Crippen molar-refractivity contribution in [2.75, 3.05) is 5.43 Å². The van der Waals surface area contributed by atoms with Gasteiger partial charge in [0.1, 0.15) is 11.6 Å². The van der Waals surface area contributed by atoms with Gasteiger partial charge in [-0.05, 0) is 24.6 Å². The molecule has 0 aliphatic heterocycles. The Balaban J connectivity index is 2.43. The third-order valence-corrected chi connectivity index (χ3v) is 2.75. The summed E-state index contributed by atoms with van der Waals surface area (Å²) in [6.45, 7) is 1.53. The second-order valence-electron chi connectivity index (χ2n) is 4.12. The molecule has 0 aliphatic rings. The van der Waals surface area contributed by atoms with Crippen LogP contribution in [-0.2, 0) is 0 Å². The summed E-state index contributed by atoms with van der Waals surface area (Å²) in [4.78, 5) is 23.9. The van der Waals surface area contributed by atoms with Gasteiger partial charge in [0.05, 0.1) is 0 Å². The van der Waals surface area contributed by atoms with E-state index in [4.69, 9.17) is 5.26 Å². The van der Waals surface area contributed by atoms with Gasteiger partial charge in [-0.25, -0.2) is 0 Å². The molecular formula is C14H11N3O3. The van der Waals surface area contributed by atoms with Crippen LogP contribution in [0.1, 0.15) is 21.5 Å². The fraction of sp³-hybridized carbons (Fsp3) is 0.0714. The van der Waals surface area contributed by atoms with Gasteiger partial charge in [-0.15, -0.1) is 0 Å². The lowest BCUT2D eigenvalue weighted by atomic mass is 10.2. The summed E-state index contributed by atoms with van der Waals surface area (Å²) in [5.74, 6) is -0.994. The molecule has 2 N–H and O–H groups in total. The molecule has 2 rings (SSSR count). The van der Waals surface area contributed by atoms with E-state index in [1.807, 2.05) is 0 Å². The Morgan fingerprint density at radius 2 is 2.00 bits per heavy atom. The number of rotatable bonds is 2. The Labute approximate surface area is 114 Å². The molecular weight excluding hydrogens is 258 g/mol. The van der Waals surface area contributed by atoms with Crippen molar-refractivity contribution < 1.29 is 9.90 Å². The molecule has 0 unspecified atom stereocenters. The molecule has 0 radical (unpaired) electrons. The highest BCUT2D eigenvalue weighted by Gasteiger charge is 2.14. The van der Waals surface area contributed by atoms with Gasteiger partial charge < -0.3 is 5.11 Å². The maximum Gasteiger partial charge on any atom is 0.290 e. The molecule has 1 amide bonds. The maximum absolute atomic E-state index is 12.0. The van der Waals surface area contributed by atoms with Crippen molar-refractivity contribution in [2.45, 2.75) is 6.92 Å². The number of carbonyl (C=O) groups excluding carboxylic acids is 1. The van der Waals surface area contributed by atoms with Crippen molar-refractivity contribution in [1.82, 2.24) is 4.68 Å². The highest BCUT2D eigenvalue weighted by Crippen LogP contribution is 2.11. The molecule has 0 fully saturated rings. The highest BCUT2D eigenvalue weighted by molar-refractivity contribution is 5.99. The van der Waals surface area contributed by atoms with Gasteiger partial charge in [0.15, 0.2) is 0 Å². The Bertz CT molecular complexity index is 758. The van der Waals surface area contributed by atoms with Crippen LogP contribution < -0.4 is 11.0 Å². The molecule has 20 heavy (non-hydrogen) atoms. The van der Waals surface area contributed by atoms with Gasteiger partial charge in [0.25, 0.3) is 11.5 Å². The Morgan fingerprint density at radius 1 is 1.35 bits per heavy atom. The number of hydrogen-bond donors (Lipinski definition) is 2. The Hall–Kier alpha value is -3.07. The Morgan fingerprint density at radius 3 is 2.60 bits per heavy atom. The van der Waals surface area contributed by atoms with E-state index >= 15 is 0 Å². The number of nitriles is 1. The molecule has 6 heteroatoms. The van der Waals surface area contributed by atoms with Crippen LogP contribution in [0.5, 0.6) is 5.88 Å². The predicted octanol–water partition coefficient (Wildman–Crippen LogP) is 1.12. The normalized spacial score (nSPS) is 9.80. The molecule has 100 valence electrons. The fourth-order valence-electron chi connectivity index (χ4n) is 1.71. The summed E-state index contributed by atoms with van der Waals surface area (Å²) in [5.41, 5.74) is 2.04. The topological polar surface area (TPSA) is 95.1 Å². The maximum atomic E-state index is 12.0. The van der Waals surface area contributed by atoms with Crippen molar-refractivity contribution in [3.63, 3.8) is 0 Å². The number of nitrogens with one attached hydrogen (secondary N) is 1. The Kier molecular flexibility index (Phi) is 3.53. The van der Waals surface area contributed by atoms with Gasteiger partial charge >= 0.3 is 0 Å². The van der Waals surface area contributed by atoms with E-state index in [1.54, 1.807) is 36.4 Å². The minimum atomic E-state index is -0.769. The van der Waals surface area contributed by atoms with Crippen LogP contribution in [0.4, 0.5) is 0 Å². The zero-order chi connectivity index (χ0) is 14.7. The van der Waals surface area contributed by atoms with E-state index < -0.39 is 17.3 Å². The summed E-state index contributed by atoms with van der Waals surface area (Å²) in [6.07, 6.45) is 0. The lowest BCUT2D eigenvalue weighted by molar-refractivity contribution is 0.100. The van der Waals surface area contributed by atoms with Crippen LogP contribution >= 0.6 is 0 Å². The number of aryl methyl sites for hydroxylation is 1. The number of nitrogens with zero attached hydrogens (tertiary/aromatic N) is 2. The molecule has 2 aromatic rings. The van der Waals surface area contributed by atoms with E-state index in [0.717, 1.165) is 0 Å². The van der Waals surface area contributed by atoms with E-state index in [-0.39, 0.29) is 5.56 Å². The van der Waals surface area contributed by atoms with Crippen molar-refractivity contribution in [1.29, 1.82) is 5.26 Å². The van der Waals surface area contributed by atoms with Crippen LogP contribution in [0.3, 0.4) is 0 Å². The molecule has 0 atom stereocenters. The molecule has 1 aromatic heterocycles. The minimum Gasteiger partial charge on any atom is -0.493 e. The summed E-state index contributed by atoms with van der Waals surface area (Å²) in [7, 11) is 0. The molecule has 0 saturated heterocycles. The van der Waals surface area contributed by atoms with Crippen molar-refractivity contribution in [2.24, 2.45) is 0 Å².